The molecule has 0 radical (unpaired) electrons. The minimum Gasteiger partial charge on any atom is -0.289 e. The average Bonchev–Trinajstić information content (AvgIpc) is 2.41. The lowest BCUT2D eigenvalue weighted by atomic mass is 10.1. The summed E-state index contributed by atoms with van der Waals surface area (Å²) >= 11 is 0. The van der Waals surface area contributed by atoms with Gasteiger partial charge in [-0.05, 0) is 36.3 Å². The number of halogens is 1. The number of rotatable bonds is 3. The summed E-state index contributed by atoms with van der Waals surface area (Å²) in [5.74, 6) is -0.292. The number of carbonyl (C=O) groups excluding carboxylic acids is 1. The molecule has 0 saturated heterocycles. The zero-order chi connectivity index (χ0) is 13.0. The Hall–Kier alpha value is -2.22. The number of ketones is 1. The average molecular weight is 240 g/mol. The van der Waals surface area contributed by atoms with Gasteiger partial charge in [0.2, 0.25) is 0 Å². The Morgan fingerprint density at radius 2 is 1.83 bits per heavy atom. The van der Waals surface area contributed by atoms with Gasteiger partial charge in [-0.1, -0.05) is 42.5 Å². The van der Waals surface area contributed by atoms with Crippen LogP contribution in [0.2, 0.25) is 0 Å². The van der Waals surface area contributed by atoms with Crippen molar-refractivity contribution in [3.05, 3.63) is 77.1 Å². The van der Waals surface area contributed by atoms with E-state index in [-0.39, 0.29) is 11.6 Å². The van der Waals surface area contributed by atoms with Gasteiger partial charge in [0.25, 0.3) is 0 Å². The first kappa shape index (κ1) is 12.2. The van der Waals surface area contributed by atoms with Gasteiger partial charge in [-0.15, -0.1) is 0 Å². The first-order valence-corrected chi connectivity index (χ1v) is 5.70. The normalized spacial score (nSPS) is 10.8. The third-order valence-corrected chi connectivity index (χ3v) is 2.67. The molecule has 0 saturated carbocycles. The van der Waals surface area contributed by atoms with Crippen molar-refractivity contribution in [3.63, 3.8) is 0 Å². The van der Waals surface area contributed by atoms with Crippen molar-refractivity contribution in [2.24, 2.45) is 0 Å². The number of hydrogen-bond donors (Lipinski definition) is 0. The van der Waals surface area contributed by atoms with Crippen LogP contribution in [0.1, 0.15) is 21.5 Å². The Morgan fingerprint density at radius 1 is 1.11 bits per heavy atom. The maximum absolute atomic E-state index is 13.1. The van der Waals surface area contributed by atoms with Gasteiger partial charge in [-0.3, -0.25) is 4.79 Å². The van der Waals surface area contributed by atoms with Gasteiger partial charge in [-0.2, -0.15) is 0 Å². The zero-order valence-corrected chi connectivity index (χ0v) is 10.1. The standard InChI is InChI=1S/C16H13FO/c1-12-11-13(7-9-15(12)17)8-10-16(18)14-5-3-2-4-6-14/h2-11H,1H3/b10-8+. The molecule has 90 valence electrons. The minimum absolute atomic E-state index is 0.0578. The molecule has 0 aliphatic carbocycles. The van der Waals surface area contributed by atoms with Crippen LogP contribution in [-0.4, -0.2) is 5.78 Å². The van der Waals surface area contributed by atoms with Crippen LogP contribution in [0.3, 0.4) is 0 Å². The van der Waals surface area contributed by atoms with Crippen LogP contribution in [0.4, 0.5) is 4.39 Å². The maximum Gasteiger partial charge on any atom is 0.185 e. The predicted octanol–water partition coefficient (Wildman–Crippen LogP) is 4.03. The summed E-state index contributed by atoms with van der Waals surface area (Å²) in [6.07, 6.45) is 3.20. The predicted molar refractivity (Wildman–Crippen MR) is 70.9 cm³/mol. The molecule has 2 aromatic carbocycles. The first-order chi connectivity index (χ1) is 8.66. The fourth-order valence-electron chi connectivity index (χ4n) is 1.64. The van der Waals surface area contributed by atoms with Gasteiger partial charge in [0.15, 0.2) is 5.78 Å². The van der Waals surface area contributed by atoms with E-state index in [1.165, 1.54) is 12.1 Å². The van der Waals surface area contributed by atoms with Crippen LogP contribution in [0.5, 0.6) is 0 Å². The van der Waals surface area contributed by atoms with Crippen molar-refractivity contribution in [3.8, 4) is 0 Å². The lowest BCUT2D eigenvalue weighted by Crippen LogP contribution is -1.92. The SMILES string of the molecule is Cc1cc(/C=C/C(=O)c2ccccc2)ccc1F. The van der Waals surface area contributed by atoms with E-state index in [2.05, 4.69) is 0 Å². The van der Waals surface area contributed by atoms with Crippen LogP contribution in [0, 0.1) is 12.7 Å². The third kappa shape index (κ3) is 2.92. The van der Waals surface area contributed by atoms with Crippen molar-refractivity contribution in [2.75, 3.05) is 0 Å². The molecule has 2 heteroatoms. The fraction of sp³-hybridized carbons (Fsp3) is 0.0625. The van der Waals surface area contributed by atoms with Crippen molar-refractivity contribution in [1.29, 1.82) is 0 Å². The highest BCUT2D eigenvalue weighted by Crippen LogP contribution is 2.11. The monoisotopic (exact) mass is 240 g/mol. The summed E-state index contributed by atoms with van der Waals surface area (Å²) in [4.78, 5) is 11.8. The number of carbonyl (C=O) groups is 1. The highest BCUT2D eigenvalue weighted by Gasteiger charge is 2.00. The van der Waals surface area contributed by atoms with Crippen molar-refractivity contribution >= 4 is 11.9 Å². The summed E-state index contributed by atoms with van der Waals surface area (Å²) < 4.78 is 13.1. The minimum atomic E-state index is -0.235. The van der Waals surface area contributed by atoms with E-state index in [9.17, 15) is 9.18 Å². The molecule has 0 amide bonds. The Kier molecular flexibility index (Phi) is 3.68. The molecule has 0 heterocycles. The molecule has 0 aliphatic rings. The lowest BCUT2D eigenvalue weighted by Gasteiger charge is -1.98. The smallest absolute Gasteiger partial charge is 0.185 e. The van der Waals surface area contributed by atoms with Gasteiger partial charge in [-0.25, -0.2) is 4.39 Å². The van der Waals surface area contributed by atoms with Crippen molar-refractivity contribution < 1.29 is 9.18 Å². The second-order valence-electron chi connectivity index (χ2n) is 4.07. The quantitative estimate of drug-likeness (QED) is 0.584. The lowest BCUT2D eigenvalue weighted by molar-refractivity contribution is 0.104. The van der Waals surface area contributed by atoms with Crippen LogP contribution >= 0.6 is 0 Å². The second kappa shape index (κ2) is 5.41. The van der Waals surface area contributed by atoms with E-state index in [1.807, 2.05) is 18.2 Å². The fourth-order valence-corrected chi connectivity index (χ4v) is 1.64. The van der Waals surface area contributed by atoms with E-state index < -0.39 is 0 Å². The van der Waals surface area contributed by atoms with Crippen LogP contribution < -0.4 is 0 Å². The summed E-state index contributed by atoms with van der Waals surface area (Å²) in [6, 6.07) is 13.8. The van der Waals surface area contributed by atoms with Gasteiger partial charge >= 0.3 is 0 Å². The van der Waals surface area contributed by atoms with Crippen molar-refractivity contribution in [2.45, 2.75) is 6.92 Å². The molecule has 2 rings (SSSR count). The molecule has 0 fully saturated rings. The Labute approximate surface area is 106 Å². The summed E-state index contributed by atoms with van der Waals surface area (Å²) in [6.45, 7) is 1.70. The number of benzene rings is 2. The van der Waals surface area contributed by atoms with Crippen LogP contribution in [0.15, 0.2) is 54.6 Å². The molecule has 1 nitrogen and oxygen atoms in total. The van der Waals surface area contributed by atoms with Gasteiger partial charge in [0.05, 0.1) is 0 Å². The second-order valence-corrected chi connectivity index (χ2v) is 4.07. The third-order valence-electron chi connectivity index (χ3n) is 2.67. The van der Waals surface area contributed by atoms with Gasteiger partial charge < -0.3 is 0 Å². The molecular formula is C16H13FO. The molecule has 0 spiro atoms. The Bertz CT molecular complexity index is 585. The Balaban J connectivity index is 2.16. The van der Waals surface area contributed by atoms with E-state index in [1.54, 1.807) is 37.3 Å². The summed E-state index contributed by atoms with van der Waals surface area (Å²) in [5.41, 5.74) is 2.04. The van der Waals surface area contributed by atoms with E-state index in [4.69, 9.17) is 0 Å². The molecule has 0 atom stereocenters. The largest absolute Gasteiger partial charge is 0.289 e. The topological polar surface area (TPSA) is 17.1 Å². The maximum atomic E-state index is 13.1. The highest BCUT2D eigenvalue weighted by atomic mass is 19.1. The van der Waals surface area contributed by atoms with Crippen LogP contribution in [0.25, 0.3) is 6.08 Å². The molecule has 0 bridgehead atoms. The van der Waals surface area contributed by atoms with E-state index in [0.717, 1.165) is 5.56 Å². The van der Waals surface area contributed by atoms with E-state index >= 15 is 0 Å². The molecule has 0 N–H and O–H groups in total. The summed E-state index contributed by atoms with van der Waals surface area (Å²) in [5, 5.41) is 0. The van der Waals surface area contributed by atoms with E-state index in [0.29, 0.717) is 11.1 Å². The molecule has 0 aromatic heterocycles. The molecule has 0 aliphatic heterocycles. The molecule has 2 aromatic rings. The van der Waals surface area contributed by atoms with Gasteiger partial charge in [0.1, 0.15) is 5.82 Å². The molecular weight excluding hydrogens is 227 g/mol. The highest BCUT2D eigenvalue weighted by molar-refractivity contribution is 6.06. The number of hydrogen-bond acceptors (Lipinski definition) is 1. The van der Waals surface area contributed by atoms with Crippen LogP contribution in [-0.2, 0) is 0 Å². The molecule has 0 unspecified atom stereocenters. The molecule has 18 heavy (non-hydrogen) atoms. The zero-order valence-electron chi connectivity index (χ0n) is 10.1. The summed E-state index contributed by atoms with van der Waals surface area (Å²) in [7, 11) is 0. The van der Waals surface area contributed by atoms with Crippen molar-refractivity contribution in [1.82, 2.24) is 0 Å². The first-order valence-electron chi connectivity index (χ1n) is 5.70. The number of aryl methyl sites for hydroxylation is 1. The Morgan fingerprint density at radius 3 is 2.50 bits per heavy atom. The van der Waals surface area contributed by atoms with Gasteiger partial charge in [0, 0.05) is 5.56 Å². The number of allylic oxidation sites excluding steroid dienone is 1.